The molecule has 0 saturated carbocycles. The fourth-order valence-electron chi connectivity index (χ4n) is 3.57. The van der Waals surface area contributed by atoms with Crippen molar-refractivity contribution in [1.29, 1.82) is 0 Å². The largest absolute Gasteiger partial charge is 0.369 e. The molecular formula is C24H25ClN4O2. The highest BCUT2D eigenvalue weighted by Crippen LogP contribution is 2.22. The van der Waals surface area contributed by atoms with Crippen molar-refractivity contribution in [2.75, 3.05) is 26.2 Å². The van der Waals surface area contributed by atoms with E-state index < -0.39 is 0 Å². The van der Waals surface area contributed by atoms with Crippen molar-refractivity contribution in [2.24, 2.45) is 0 Å². The summed E-state index contributed by atoms with van der Waals surface area (Å²) in [5.74, 6) is -0.0191. The molecular weight excluding hydrogens is 412 g/mol. The molecule has 3 heterocycles. The van der Waals surface area contributed by atoms with Crippen molar-refractivity contribution >= 4 is 17.5 Å². The minimum Gasteiger partial charge on any atom is -0.369 e. The summed E-state index contributed by atoms with van der Waals surface area (Å²) in [6.07, 6.45) is 4.19. The lowest BCUT2D eigenvalue weighted by Crippen LogP contribution is -2.44. The van der Waals surface area contributed by atoms with Crippen molar-refractivity contribution in [1.82, 2.24) is 20.2 Å². The number of hydrogen-bond donors (Lipinski definition) is 1. The van der Waals surface area contributed by atoms with E-state index in [1.54, 1.807) is 6.20 Å². The van der Waals surface area contributed by atoms with Gasteiger partial charge in [-0.1, -0.05) is 41.9 Å². The van der Waals surface area contributed by atoms with Crippen molar-refractivity contribution in [2.45, 2.75) is 19.1 Å². The summed E-state index contributed by atoms with van der Waals surface area (Å²) in [6, 6.07) is 17.6. The van der Waals surface area contributed by atoms with Crippen LogP contribution in [-0.4, -0.2) is 47.0 Å². The van der Waals surface area contributed by atoms with Crippen LogP contribution >= 0.6 is 11.6 Å². The highest BCUT2D eigenvalue weighted by molar-refractivity contribution is 6.31. The molecule has 0 radical (unpaired) electrons. The van der Waals surface area contributed by atoms with Gasteiger partial charge in [0.15, 0.2) is 0 Å². The van der Waals surface area contributed by atoms with Gasteiger partial charge >= 0.3 is 0 Å². The number of benzene rings is 1. The predicted octanol–water partition coefficient (Wildman–Crippen LogP) is 3.41. The molecule has 1 amide bonds. The molecule has 0 bridgehead atoms. The third kappa shape index (κ3) is 6.10. The number of aromatic nitrogens is 2. The maximum absolute atomic E-state index is 12.3. The van der Waals surface area contributed by atoms with E-state index in [4.69, 9.17) is 16.3 Å². The average molecular weight is 437 g/mol. The molecule has 0 spiro atoms. The van der Waals surface area contributed by atoms with Crippen LogP contribution in [0.4, 0.5) is 0 Å². The van der Waals surface area contributed by atoms with Gasteiger partial charge < -0.3 is 10.1 Å². The van der Waals surface area contributed by atoms with Crippen molar-refractivity contribution in [3.05, 3.63) is 94.5 Å². The smallest absolute Gasteiger partial charge is 0.234 e. The molecule has 1 aromatic carbocycles. The van der Waals surface area contributed by atoms with Gasteiger partial charge in [0.25, 0.3) is 0 Å². The Balaban J connectivity index is 1.29. The van der Waals surface area contributed by atoms with E-state index in [0.29, 0.717) is 26.2 Å². The number of hydrogen-bond acceptors (Lipinski definition) is 5. The van der Waals surface area contributed by atoms with Gasteiger partial charge in [0.1, 0.15) is 6.10 Å². The number of rotatable bonds is 7. The maximum atomic E-state index is 12.3. The van der Waals surface area contributed by atoms with Crippen LogP contribution in [0.25, 0.3) is 0 Å². The molecule has 1 atom stereocenters. The average Bonchev–Trinajstić information content (AvgIpc) is 2.81. The molecule has 0 unspecified atom stereocenters. The monoisotopic (exact) mass is 436 g/mol. The second kappa shape index (κ2) is 10.5. The molecule has 1 saturated heterocycles. The first-order valence-electron chi connectivity index (χ1n) is 10.4. The SMILES string of the molecule is O=C(CN1CCO[C@@H](c2ccc(Cc3ccccc3Cl)cn2)C1)NCc1ccccn1. The molecule has 160 valence electrons. The van der Waals surface area contributed by atoms with Gasteiger partial charge in [-0.15, -0.1) is 0 Å². The fraction of sp³-hybridized carbons (Fsp3) is 0.292. The van der Waals surface area contributed by atoms with E-state index >= 15 is 0 Å². The number of ether oxygens (including phenoxy) is 1. The van der Waals surface area contributed by atoms with Crippen LogP contribution in [-0.2, 0) is 22.5 Å². The van der Waals surface area contributed by atoms with Gasteiger partial charge in [0, 0.05) is 36.9 Å². The second-order valence-electron chi connectivity index (χ2n) is 7.55. The fourth-order valence-corrected chi connectivity index (χ4v) is 3.77. The Hall–Kier alpha value is -2.80. The topological polar surface area (TPSA) is 67.4 Å². The van der Waals surface area contributed by atoms with Crippen LogP contribution in [0.15, 0.2) is 67.0 Å². The summed E-state index contributed by atoms with van der Waals surface area (Å²) in [4.78, 5) is 23.3. The molecule has 7 heteroatoms. The minimum atomic E-state index is -0.147. The van der Waals surface area contributed by atoms with E-state index in [1.165, 1.54) is 0 Å². The number of nitrogens with one attached hydrogen (secondary N) is 1. The third-order valence-corrected chi connectivity index (χ3v) is 5.61. The number of pyridine rings is 2. The predicted molar refractivity (Wildman–Crippen MR) is 120 cm³/mol. The lowest BCUT2D eigenvalue weighted by molar-refractivity contribution is -0.124. The van der Waals surface area contributed by atoms with E-state index in [-0.39, 0.29) is 12.0 Å². The first kappa shape index (κ1) is 21.4. The summed E-state index contributed by atoms with van der Waals surface area (Å²) in [5.41, 5.74) is 3.90. The van der Waals surface area contributed by atoms with Crippen LogP contribution in [0.2, 0.25) is 5.02 Å². The molecule has 2 aromatic heterocycles. The summed E-state index contributed by atoms with van der Waals surface area (Å²) in [5, 5.41) is 3.69. The van der Waals surface area contributed by atoms with E-state index in [1.807, 2.05) is 54.7 Å². The van der Waals surface area contributed by atoms with Gasteiger partial charge in [-0.3, -0.25) is 19.7 Å². The number of nitrogens with zero attached hydrogens (tertiary/aromatic N) is 3. The Morgan fingerprint density at radius 2 is 2.00 bits per heavy atom. The van der Waals surface area contributed by atoms with Gasteiger partial charge in [0.05, 0.1) is 31.1 Å². The lowest BCUT2D eigenvalue weighted by Gasteiger charge is -2.32. The Morgan fingerprint density at radius 1 is 1.13 bits per heavy atom. The number of carbonyl (C=O) groups is 1. The first-order chi connectivity index (χ1) is 15.2. The minimum absolute atomic E-state index is 0.0191. The molecule has 1 fully saturated rings. The van der Waals surface area contributed by atoms with E-state index in [0.717, 1.165) is 40.5 Å². The summed E-state index contributed by atoms with van der Waals surface area (Å²) >= 11 is 6.26. The van der Waals surface area contributed by atoms with E-state index in [2.05, 4.69) is 26.3 Å². The van der Waals surface area contributed by atoms with Crippen LogP contribution in [0.3, 0.4) is 0 Å². The zero-order valence-corrected chi connectivity index (χ0v) is 18.0. The molecule has 4 rings (SSSR count). The van der Waals surface area contributed by atoms with E-state index in [9.17, 15) is 4.79 Å². The van der Waals surface area contributed by atoms with Gasteiger partial charge in [-0.05, 0) is 35.4 Å². The van der Waals surface area contributed by atoms with Gasteiger partial charge in [-0.25, -0.2) is 0 Å². The maximum Gasteiger partial charge on any atom is 0.234 e. The molecule has 1 N–H and O–H groups in total. The number of amides is 1. The standard InChI is InChI=1S/C24H25ClN4O2/c25-21-7-2-1-5-19(21)13-18-8-9-22(27-14-18)23-16-29(11-12-31-23)17-24(30)28-15-20-6-3-4-10-26-20/h1-10,14,23H,11-13,15-17H2,(H,28,30)/t23-/m1/s1. The Kier molecular flexibility index (Phi) is 7.25. The van der Waals surface area contributed by atoms with Crippen molar-refractivity contribution < 1.29 is 9.53 Å². The summed E-state index contributed by atoms with van der Waals surface area (Å²) in [7, 11) is 0. The van der Waals surface area contributed by atoms with Crippen LogP contribution in [0.5, 0.6) is 0 Å². The third-order valence-electron chi connectivity index (χ3n) is 5.24. The second-order valence-corrected chi connectivity index (χ2v) is 7.96. The number of halogens is 1. The zero-order chi connectivity index (χ0) is 21.5. The van der Waals surface area contributed by atoms with Crippen LogP contribution in [0.1, 0.15) is 28.6 Å². The van der Waals surface area contributed by atoms with Crippen LogP contribution in [0, 0.1) is 0 Å². The van der Waals surface area contributed by atoms with Gasteiger partial charge in [-0.2, -0.15) is 0 Å². The normalized spacial score (nSPS) is 16.7. The molecule has 1 aliphatic heterocycles. The lowest BCUT2D eigenvalue weighted by atomic mass is 10.1. The Morgan fingerprint density at radius 3 is 2.77 bits per heavy atom. The first-order valence-corrected chi connectivity index (χ1v) is 10.7. The summed E-state index contributed by atoms with van der Waals surface area (Å²) in [6.45, 7) is 2.69. The zero-order valence-electron chi connectivity index (χ0n) is 17.2. The highest BCUT2D eigenvalue weighted by atomic mass is 35.5. The highest BCUT2D eigenvalue weighted by Gasteiger charge is 2.24. The van der Waals surface area contributed by atoms with Crippen molar-refractivity contribution in [3.63, 3.8) is 0 Å². The molecule has 0 aliphatic carbocycles. The molecule has 6 nitrogen and oxygen atoms in total. The Bertz CT molecular complexity index is 998. The molecule has 3 aromatic rings. The number of morpholine rings is 1. The number of carbonyl (C=O) groups excluding carboxylic acids is 1. The molecule has 1 aliphatic rings. The van der Waals surface area contributed by atoms with Gasteiger partial charge in [0.2, 0.25) is 5.91 Å². The molecule has 31 heavy (non-hydrogen) atoms. The quantitative estimate of drug-likeness (QED) is 0.614. The van der Waals surface area contributed by atoms with Crippen LogP contribution < -0.4 is 5.32 Å². The Labute approximate surface area is 187 Å². The van der Waals surface area contributed by atoms with Crippen molar-refractivity contribution in [3.8, 4) is 0 Å². The summed E-state index contributed by atoms with van der Waals surface area (Å²) < 4.78 is 5.92.